The molecule has 0 radical (unpaired) electrons. The molecule has 0 aliphatic carbocycles. The Morgan fingerprint density at radius 2 is 2.29 bits per heavy atom. The molecule has 1 aliphatic rings. The maximum atomic E-state index is 11.4. The van der Waals surface area contributed by atoms with E-state index in [2.05, 4.69) is 11.0 Å². The van der Waals surface area contributed by atoms with Gasteiger partial charge in [-0.25, -0.2) is 0 Å². The zero-order valence-electron chi connectivity index (χ0n) is 10.1. The van der Waals surface area contributed by atoms with Crippen molar-refractivity contribution in [2.75, 3.05) is 11.4 Å². The van der Waals surface area contributed by atoms with Gasteiger partial charge in [-0.15, -0.1) is 0 Å². The minimum Gasteiger partial charge on any atom is -0.368 e. The van der Waals surface area contributed by atoms with E-state index in [1.54, 1.807) is 0 Å². The van der Waals surface area contributed by atoms with Crippen LogP contribution in [0.5, 0.6) is 0 Å². The van der Waals surface area contributed by atoms with Crippen molar-refractivity contribution in [3.8, 4) is 0 Å². The second kappa shape index (κ2) is 4.75. The van der Waals surface area contributed by atoms with E-state index < -0.39 is 0 Å². The molecule has 2 rings (SSSR count). The highest BCUT2D eigenvalue weighted by Gasteiger charge is 2.30. The van der Waals surface area contributed by atoms with Gasteiger partial charge in [-0.1, -0.05) is 12.1 Å². The van der Waals surface area contributed by atoms with Crippen molar-refractivity contribution in [2.45, 2.75) is 32.4 Å². The predicted molar refractivity (Wildman–Crippen MR) is 68.6 cm³/mol. The quantitative estimate of drug-likeness (QED) is 0.815. The maximum Gasteiger partial charge on any atom is 0.240 e. The Hall–Kier alpha value is -1.55. The summed E-state index contributed by atoms with van der Waals surface area (Å²) in [6, 6.07) is 5.98. The number of hydrogen-bond donors (Lipinski definition) is 2. The molecular weight excluding hydrogens is 214 g/mol. The van der Waals surface area contributed by atoms with Crippen molar-refractivity contribution < 1.29 is 4.79 Å². The molecule has 1 saturated heterocycles. The first-order chi connectivity index (χ1) is 8.13. The number of carbonyl (C=O) groups is 1. The number of rotatable bonds is 3. The van der Waals surface area contributed by atoms with Gasteiger partial charge in [-0.3, -0.25) is 4.79 Å². The first kappa shape index (κ1) is 11.9. The fourth-order valence-electron chi connectivity index (χ4n) is 2.46. The molecule has 0 aromatic heterocycles. The summed E-state index contributed by atoms with van der Waals surface area (Å²) in [5, 5.41) is 0. The van der Waals surface area contributed by atoms with Gasteiger partial charge in [0.15, 0.2) is 0 Å². The summed E-state index contributed by atoms with van der Waals surface area (Å²) >= 11 is 0. The average molecular weight is 233 g/mol. The van der Waals surface area contributed by atoms with Gasteiger partial charge in [0.2, 0.25) is 5.91 Å². The fourth-order valence-corrected chi connectivity index (χ4v) is 2.46. The van der Waals surface area contributed by atoms with E-state index in [0.29, 0.717) is 6.54 Å². The highest BCUT2D eigenvalue weighted by Crippen LogP contribution is 2.29. The largest absolute Gasteiger partial charge is 0.368 e. The van der Waals surface area contributed by atoms with Crippen molar-refractivity contribution in [2.24, 2.45) is 11.5 Å². The van der Waals surface area contributed by atoms with E-state index in [4.69, 9.17) is 11.5 Å². The molecule has 4 heteroatoms. The molecular formula is C13H19N3O. The van der Waals surface area contributed by atoms with Crippen molar-refractivity contribution >= 4 is 11.6 Å². The maximum absolute atomic E-state index is 11.4. The highest BCUT2D eigenvalue weighted by molar-refractivity contribution is 5.84. The lowest BCUT2D eigenvalue weighted by atomic mass is 10.1. The average Bonchev–Trinajstić information content (AvgIpc) is 2.77. The number of primary amides is 1. The van der Waals surface area contributed by atoms with Crippen molar-refractivity contribution in [3.05, 3.63) is 29.3 Å². The summed E-state index contributed by atoms with van der Waals surface area (Å²) in [6.45, 7) is 3.40. The number of hydrogen-bond acceptors (Lipinski definition) is 3. The van der Waals surface area contributed by atoms with Crippen LogP contribution in [0.3, 0.4) is 0 Å². The molecule has 1 aromatic rings. The Kier molecular flexibility index (Phi) is 3.33. The minimum atomic E-state index is -0.244. The standard InChI is InChI=1S/C13H19N3O/c1-9-4-5-10(8-14)12(7-9)16-6-2-3-11(16)13(15)17/h4-5,7,11H,2-3,6,8,14H2,1H3,(H2,15,17). The number of benzene rings is 1. The van der Waals surface area contributed by atoms with E-state index in [1.165, 1.54) is 5.56 Å². The van der Waals surface area contributed by atoms with Gasteiger partial charge in [-0.2, -0.15) is 0 Å². The molecule has 4 nitrogen and oxygen atoms in total. The van der Waals surface area contributed by atoms with Crippen LogP contribution < -0.4 is 16.4 Å². The molecule has 1 heterocycles. The SMILES string of the molecule is Cc1ccc(CN)c(N2CCCC2C(N)=O)c1. The summed E-state index contributed by atoms with van der Waals surface area (Å²) in [5.41, 5.74) is 14.5. The molecule has 0 saturated carbocycles. The number of aryl methyl sites for hydroxylation is 1. The summed E-state index contributed by atoms with van der Waals surface area (Å²) in [5.74, 6) is -0.244. The van der Waals surface area contributed by atoms with Crippen LogP contribution in [0.1, 0.15) is 24.0 Å². The van der Waals surface area contributed by atoms with Crippen LogP contribution in [-0.4, -0.2) is 18.5 Å². The van der Waals surface area contributed by atoms with Crippen LogP contribution in [0.2, 0.25) is 0 Å². The van der Waals surface area contributed by atoms with E-state index in [-0.39, 0.29) is 11.9 Å². The molecule has 1 aromatic carbocycles. The predicted octanol–water partition coefficient (Wildman–Crippen LogP) is 0.908. The van der Waals surface area contributed by atoms with Gasteiger partial charge < -0.3 is 16.4 Å². The van der Waals surface area contributed by atoms with Crippen LogP contribution in [0.25, 0.3) is 0 Å². The first-order valence-electron chi connectivity index (χ1n) is 5.99. The van der Waals surface area contributed by atoms with Gasteiger partial charge in [0, 0.05) is 18.8 Å². The van der Waals surface area contributed by atoms with Crippen molar-refractivity contribution in [1.82, 2.24) is 0 Å². The smallest absolute Gasteiger partial charge is 0.240 e. The summed E-state index contributed by atoms with van der Waals surface area (Å²) in [7, 11) is 0. The van der Waals surface area contributed by atoms with E-state index >= 15 is 0 Å². The molecule has 1 amide bonds. The third-order valence-corrected chi connectivity index (χ3v) is 3.35. The molecule has 17 heavy (non-hydrogen) atoms. The molecule has 0 spiro atoms. The Labute approximate surface area is 102 Å². The van der Waals surface area contributed by atoms with Gasteiger partial charge in [-0.05, 0) is 37.0 Å². The topological polar surface area (TPSA) is 72.3 Å². The lowest BCUT2D eigenvalue weighted by Crippen LogP contribution is -2.40. The number of nitrogens with zero attached hydrogens (tertiary/aromatic N) is 1. The summed E-state index contributed by atoms with van der Waals surface area (Å²) in [6.07, 6.45) is 1.85. The third kappa shape index (κ3) is 2.26. The molecule has 92 valence electrons. The van der Waals surface area contributed by atoms with Gasteiger partial charge in [0.1, 0.15) is 6.04 Å². The van der Waals surface area contributed by atoms with Crippen LogP contribution >= 0.6 is 0 Å². The lowest BCUT2D eigenvalue weighted by Gasteiger charge is -2.27. The normalized spacial score (nSPS) is 19.6. The van der Waals surface area contributed by atoms with Crippen LogP contribution in [-0.2, 0) is 11.3 Å². The van der Waals surface area contributed by atoms with E-state index in [0.717, 1.165) is 30.6 Å². The second-order valence-corrected chi connectivity index (χ2v) is 4.59. The van der Waals surface area contributed by atoms with Gasteiger partial charge in [0.25, 0.3) is 0 Å². The Morgan fingerprint density at radius 3 is 2.94 bits per heavy atom. The minimum absolute atomic E-state index is 0.179. The Balaban J connectivity index is 2.38. The van der Waals surface area contributed by atoms with Gasteiger partial charge in [0.05, 0.1) is 0 Å². The highest BCUT2D eigenvalue weighted by atomic mass is 16.1. The molecule has 1 fully saturated rings. The summed E-state index contributed by atoms with van der Waals surface area (Å²) < 4.78 is 0. The molecule has 1 unspecified atom stereocenters. The van der Waals surface area contributed by atoms with Crippen LogP contribution in [0.15, 0.2) is 18.2 Å². The van der Waals surface area contributed by atoms with Crippen LogP contribution in [0, 0.1) is 6.92 Å². The monoisotopic (exact) mass is 233 g/mol. The number of nitrogens with two attached hydrogens (primary N) is 2. The van der Waals surface area contributed by atoms with E-state index in [1.807, 2.05) is 19.1 Å². The Morgan fingerprint density at radius 1 is 1.53 bits per heavy atom. The molecule has 0 bridgehead atoms. The van der Waals surface area contributed by atoms with Crippen LogP contribution in [0.4, 0.5) is 5.69 Å². The lowest BCUT2D eigenvalue weighted by molar-refractivity contribution is -0.119. The molecule has 1 aliphatic heterocycles. The summed E-state index contributed by atoms with van der Waals surface area (Å²) in [4.78, 5) is 13.5. The Bertz CT molecular complexity index is 431. The number of anilines is 1. The van der Waals surface area contributed by atoms with Crippen molar-refractivity contribution in [3.63, 3.8) is 0 Å². The molecule has 1 atom stereocenters. The zero-order valence-corrected chi connectivity index (χ0v) is 10.1. The van der Waals surface area contributed by atoms with Gasteiger partial charge >= 0.3 is 0 Å². The second-order valence-electron chi connectivity index (χ2n) is 4.59. The number of amides is 1. The van der Waals surface area contributed by atoms with E-state index in [9.17, 15) is 4.79 Å². The zero-order chi connectivity index (χ0) is 12.4. The number of carbonyl (C=O) groups excluding carboxylic acids is 1. The molecule has 4 N–H and O–H groups in total. The first-order valence-corrected chi connectivity index (χ1v) is 5.99. The third-order valence-electron chi connectivity index (χ3n) is 3.35. The fraction of sp³-hybridized carbons (Fsp3) is 0.462. The van der Waals surface area contributed by atoms with Crippen molar-refractivity contribution in [1.29, 1.82) is 0 Å².